The van der Waals surface area contributed by atoms with Gasteiger partial charge in [-0.05, 0) is 74.4 Å². The van der Waals surface area contributed by atoms with Gasteiger partial charge in [0.15, 0.2) is 0 Å². The number of nitrogens with one attached hydrogen (secondary N) is 1. The highest BCUT2D eigenvalue weighted by Gasteiger charge is 2.26. The first-order chi connectivity index (χ1) is 17.2. The van der Waals surface area contributed by atoms with E-state index in [1.54, 1.807) is 30.5 Å². The molecule has 2 amide bonds. The Hall–Kier alpha value is -4.07. The van der Waals surface area contributed by atoms with Crippen molar-refractivity contribution in [3.63, 3.8) is 0 Å². The van der Waals surface area contributed by atoms with E-state index >= 15 is 0 Å². The van der Waals surface area contributed by atoms with Crippen molar-refractivity contribution in [1.29, 1.82) is 0 Å². The predicted octanol–water partition coefficient (Wildman–Crippen LogP) is 5.07. The molecule has 1 fully saturated rings. The van der Waals surface area contributed by atoms with Crippen LogP contribution in [0.3, 0.4) is 0 Å². The van der Waals surface area contributed by atoms with Crippen molar-refractivity contribution < 1.29 is 19.1 Å². The zero-order valence-electron chi connectivity index (χ0n) is 21.2. The Labute approximate surface area is 211 Å². The summed E-state index contributed by atoms with van der Waals surface area (Å²) in [6, 6.07) is 17.1. The summed E-state index contributed by atoms with van der Waals surface area (Å²) in [7, 11) is 1.56. The number of anilines is 2. The first-order valence-electron chi connectivity index (χ1n) is 12.0. The zero-order valence-corrected chi connectivity index (χ0v) is 21.2. The van der Waals surface area contributed by atoms with E-state index in [0.29, 0.717) is 43.2 Å². The van der Waals surface area contributed by atoms with Gasteiger partial charge in [-0.1, -0.05) is 12.1 Å². The Morgan fingerprint density at radius 2 is 1.64 bits per heavy atom. The first-order valence-corrected chi connectivity index (χ1v) is 12.0. The van der Waals surface area contributed by atoms with Gasteiger partial charge in [0, 0.05) is 49.9 Å². The molecule has 2 aromatic carbocycles. The molecule has 0 unspecified atom stereocenters. The van der Waals surface area contributed by atoms with Crippen LogP contribution in [0, 0.1) is 0 Å². The van der Waals surface area contributed by atoms with Crippen LogP contribution in [0.15, 0.2) is 67.0 Å². The highest BCUT2D eigenvalue weighted by Crippen LogP contribution is 2.28. The number of amides is 2. The second-order valence-corrected chi connectivity index (χ2v) is 9.61. The number of methoxy groups -OCH3 is 1. The number of hydrogen-bond acceptors (Lipinski definition) is 6. The topological polar surface area (TPSA) is 84.0 Å². The van der Waals surface area contributed by atoms with Crippen LogP contribution in [0.1, 0.15) is 31.1 Å². The van der Waals surface area contributed by atoms with Gasteiger partial charge in [0.1, 0.15) is 11.4 Å². The lowest BCUT2D eigenvalue weighted by molar-refractivity contribution is 0.0240. The number of carbonyl (C=O) groups is 2. The largest absolute Gasteiger partial charge is 0.496 e. The quantitative estimate of drug-likeness (QED) is 0.540. The Balaban J connectivity index is 1.42. The van der Waals surface area contributed by atoms with Crippen molar-refractivity contribution in [3.8, 4) is 16.9 Å². The summed E-state index contributed by atoms with van der Waals surface area (Å²) in [5, 5.41) is 2.98. The maximum atomic E-state index is 13.1. The van der Waals surface area contributed by atoms with Gasteiger partial charge in [-0.15, -0.1) is 0 Å². The van der Waals surface area contributed by atoms with Crippen LogP contribution < -0.4 is 15.0 Å². The van der Waals surface area contributed by atoms with E-state index in [1.165, 1.54) is 0 Å². The van der Waals surface area contributed by atoms with Crippen LogP contribution >= 0.6 is 0 Å². The van der Waals surface area contributed by atoms with E-state index in [1.807, 2.05) is 69.3 Å². The Morgan fingerprint density at radius 1 is 0.917 bits per heavy atom. The highest BCUT2D eigenvalue weighted by molar-refractivity contribution is 6.06. The van der Waals surface area contributed by atoms with Crippen molar-refractivity contribution in [2.75, 3.05) is 43.5 Å². The Kier molecular flexibility index (Phi) is 7.43. The predicted molar refractivity (Wildman–Crippen MR) is 141 cm³/mol. The van der Waals surface area contributed by atoms with E-state index in [-0.39, 0.29) is 12.0 Å². The summed E-state index contributed by atoms with van der Waals surface area (Å²) >= 11 is 0. The minimum Gasteiger partial charge on any atom is -0.496 e. The lowest BCUT2D eigenvalue weighted by atomic mass is 10.0. The smallest absolute Gasteiger partial charge is 0.410 e. The molecular formula is C28H32N4O4. The fraction of sp³-hybridized carbons (Fsp3) is 0.321. The molecular weight excluding hydrogens is 456 g/mol. The highest BCUT2D eigenvalue weighted by atomic mass is 16.6. The number of rotatable bonds is 5. The van der Waals surface area contributed by atoms with E-state index in [9.17, 15) is 9.59 Å². The third kappa shape index (κ3) is 6.13. The van der Waals surface area contributed by atoms with Gasteiger partial charge in [-0.25, -0.2) is 4.79 Å². The van der Waals surface area contributed by atoms with E-state index < -0.39 is 5.60 Å². The number of hydrogen-bond donors (Lipinski definition) is 1. The molecule has 0 saturated carbocycles. The lowest BCUT2D eigenvalue weighted by Crippen LogP contribution is -2.50. The molecule has 1 aliphatic heterocycles. The molecule has 3 aromatic rings. The number of aromatic nitrogens is 1. The standard InChI is InChI=1S/C28H32N4O4/c1-28(2,3)36-27(34)32-16-14-31(15-17-32)23-7-5-6-22(19-23)30-26(33)24-9-8-21(18-25(24)35-4)20-10-12-29-13-11-20/h5-13,18-19H,14-17H2,1-4H3,(H,30,33). The molecule has 0 bridgehead atoms. The van der Waals surface area contributed by atoms with Gasteiger partial charge < -0.3 is 24.6 Å². The third-order valence-electron chi connectivity index (χ3n) is 5.86. The molecule has 0 radical (unpaired) electrons. The summed E-state index contributed by atoms with van der Waals surface area (Å²) in [5.41, 5.74) is 3.55. The Morgan fingerprint density at radius 3 is 2.31 bits per heavy atom. The van der Waals surface area contributed by atoms with Crippen LogP contribution in [0.5, 0.6) is 5.75 Å². The number of benzene rings is 2. The van der Waals surface area contributed by atoms with Crippen molar-refractivity contribution in [2.45, 2.75) is 26.4 Å². The molecule has 0 aliphatic carbocycles. The van der Waals surface area contributed by atoms with Crippen LogP contribution in [-0.2, 0) is 4.74 Å². The minimum atomic E-state index is -0.511. The molecule has 8 heteroatoms. The molecule has 188 valence electrons. The zero-order chi connectivity index (χ0) is 25.7. The molecule has 1 aliphatic rings. The average molecular weight is 489 g/mol. The number of carbonyl (C=O) groups excluding carboxylic acids is 2. The maximum absolute atomic E-state index is 13.1. The van der Waals surface area contributed by atoms with Crippen LogP contribution in [0.4, 0.5) is 16.2 Å². The van der Waals surface area contributed by atoms with Gasteiger partial charge in [0.25, 0.3) is 5.91 Å². The summed E-state index contributed by atoms with van der Waals surface area (Å²) in [6.07, 6.45) is 3.17. The number of nitrogens with zero attached hydrogens (tertiary/aromatic N) is 3. The second-order valence-electron chi connectivity index (χ2n) is 9.61. The normalized spacial score (nSPS) is 13.8. The number of piperazine rings is 1. The first kappa shape index (κ1) is 25.0. The van der Waals surface area contributed by atoms with E-state index in [2.05, 4.69) is 15.2 Å². The second kappa shape index (κ2) is 10.7. The van der Waals surface area contributed by atoms with Gasteiger partial charge >= 0.3 is 6.09 Å². The van der Waals surface area contributed by atoms with Gasteiger partial charge in [-0.3, -0.25) is 9.78 Å². The third-order valence-corrected chi connectivity index (χ3v) is 5.86. The van der Waals surface area contributed by atoms with Gasteiger partial charge in [-0.2, -0.15) is 0 Å². The van der Waals surface area contributed by atoms with Gasteiger partial charge in [0.2, 0.25) is 0 Å². The van der Waals surface area contributed by atoms with Gasteiger partial charge in [0.05, 0.1) is 12.7 Å². The van der Waals surface area contributed by atoms with Crippen molar-refractivity contribution in [1.82, 2.24) is 9.88 Å². The number of pyridine rings is 1. The van der Waals surface area contributed by atoms with Crippen molar-refractivity contribution in [2.24, 2.45) is 0 Å². The molecule has 1 saturated heterocycles. The molecule has 36 heavy (non-hydrogen) atoms. The monoisotopic (exact) mass is 488 g/mol. The molecule has 0 atom stereocenters. The summed E-state index contributed by atoms with van der Waals surface area (Å²) < 4.78 is 11.0. The Bertz CT molecular complexity index is 1220. The van der Waals surface area contributed by atoms with Crippen molar-refractivity contribution in [3.05, 3.63) is 72.6 Å². The molecule has 1 N–H and O–H groups in total. The summed E-state index contributed by atoms with van der Waals surface area (Å²) in [6.45, 7) is 8.12. The molecule has 4 rings (SSSR count). The molecule has 2 heterocycles. The lowest BCUT2D eigenvalue weighted by Gasteiger charge is -2.36. The average Bonchev–Trinajstić information content (AvgIpc) is 2.88. The van der Waals surface area contributed by atoms with E-state index in [0.717, 1.165) is 16.8 Å². The van der Waals surface area contributed by atoms with E-state index in [4.69, 9.17) is 9.47 Å². The van der Waals surface area contributed by atoms with Crippen LogP contribution in [-0.4, -0.2) is 60.8 Å². The SMILES string of the molecule is COc1cc(-c2ccncc2)ccc1C(=O)Nc1cccc(N2CCN(C(=O)OC(C)(C)C)CC2)c1. The number of ether oxygens (including phenoxy) is 2. The van der Waals surface area contributed by atoms with Crippen LogP contribution in [0.25, 0.3) is 11.1 Å². The molecule has 1 aromatic heterocycles. The molecule has 8 nitrogen and oxygen atoms in total. The summed E-state index contributed by atoms with van der Waals surface area (Å²) in [5.74, 6) is 0.247. The fourth-order valence-corrected chi connectivity index (χ4v) is 4.06. The van der Waals surface area contributed by atoms with Crippen molar-refractivity contribution >= 4 is 23.4 Å². The molecule has 0 spiro atoms. The van der Waals surface area contributed by atoms with Crippen LogP contribution in [0.2, 0.25) is 0 Å². The minimum absolute atomic E-state index is 0.250. The summed E-state index contributed by atoms with van der Waals surface area (Å²) in [4.78, 5) is 33.4. The fourth-order valence-electron chi connectivity index (χ4n) is 4.06. The maximum Gasteiger partial charge on any atom is 0.410 e.